The van der Waals surface area contributed by atoms with E-state index in [1.165, 1.54) is 186 Å². The van der Waals surface area contributed by atoms with E-state index in [9.17, 15) is 14.4 Å². The second-order valence-corrected chi connectivity index (χ2v) is 20.7. The second-order valence-electron chi connectivity index (χ2n) is 20.7. The van der Waals surface area contributed by atoms with Crippen LogP contribution in [0.5, 0.6) is 0 Å². The number of unbranched alkanes of at least 4 members (excludes halogenated alkanes) is 37. The van der Waals surface area contributed by atoms with Crippen molar-refractivity contribution in [2.24, 2.45) is 0 Å². The fraction of sp³-hybridized carbons (Fsp3) is 0.773. The Bertz CT molecular complexity index is 1340. The smallest absolute Gasteiger partial charge is 0.306 e. The predicted octanol–water partition coefficient (Wildman–Crippen LogP) is 20.9. The topological polar surface area (TPSA) is 78.9 Å². The zero-order valence-corrected chi connectivity index (χ0v) is 47.7. The van der Waals surface area contributed by atoms with Gasteiger partial charge in [-0.1, -0.05) is 293 Å². The molecule has 6 heteroatoms. The highest BCUT2D eigenvalue weighted by Gasteiger charge is 2.19. The van der Waals surface area contributed by atoms with E-state index in [1.807, 2.05) is 0 Å². The Morgan fingerprint density at radius 3 is 0.819 bits per heavy atom. The average molecular weight is 1010 g/mol. The number of hydrogen-bond donors (Lipinski definition) is 0. The summed E-state index contributed by atoms with van der Waals surface area (Å²) >= 11 is 0. The van der Waals surface area contributed by atoms with Crippen molar-refractivity contribution in [2.75, 3.05) is 13.2 Å². The van der Waals surface area contributed by atoms with E-state index in [-0.39, 0.29) is 31.1 Å². The molecule has 0 fully saturated rings. The first-order valence-electron chi connectivity index (χ1n) is 31.0. The Kier molecular flexibility index (Phi) is 57.8. The standard InChI is InChI=1S/C66H116O6/c1-4-7-10-13-16-19-22-25-28-31-33-36-38-41-44-47-50-53-56-59-65(68)71-62-63(61-70-64(67)58-55-52-49-46-43-40-37-34-30-27-24-21-18-15-12-9-6-3)72-66(69)60-57-54-51-48-45-42-39-35-32-29-26-23-20-17-14-11-8-5-2/h16-17,19-20,22-23,25-26,29,32,35,39,63H,4-15,18,21,24,27-28,30-31,33-34,36-38,40-62H2,1-3H3/b19-16-,20-17-,25-22-,26-23-,32-29-,39-35-. The minimum Gasteiger partial charge on any atom is -0.462 e. The highest BCUT2D eigenvalue weighted by Crippen LogP contribution is 2.17. The lowest BCUT2D eigenvalue weighted by molar-refractivity contribution is -0.167. The van der Waals surface area contributed by atoms with Crippen LogP contribution in [0.1, 0.15) is 310 Å². The van der Waals surface area contributed by atoms with E-state index in [0.29, 0.717) is 19.3 Å². The number of carbonyl (C=O) groups excluding carboxylic acids is 3. The molecule has 0 radical (unpaired) electrons. The lowest BCUT2D eigenvalue weighted by Gasteiger charge is -2.18. The van der Waals surface area contributed by atoms with Crippen LogP contribution in [0.3, 0.4) is 0 Å². The van der Waals surface area contributed by atoms with Crippen LogP contribution in [-0.2, 0) is 28.6 Å². The number of ether oxygens (including phenoxy) is 3. The summed E-state index contributed by atoms with van der Waals surface area (Å²) in [6.07, 6.45) is 77.4. The van der Waals surface area contributed by atoms with Crippen molar-refractivity contribution in [3.05, 3.63) is 72.9 Å². The van der Waals surface area contributed by atoms with Crippen LogP contribution in [0, 0.1) is 0 Å². The SMILES string of the molecule is CCCCC\C=C/C=C\C=C/C=C\CCCCCCCC(=O)OC(COC(=O)CCCCCCCCCCCC/C=C\C=C/CCCCC)COC(=O)CCCCCCCCCCCCCCCCCCC. The van der Waals surface area contributed by atoms with Crippen LogP contribution in [0.4, 0.5) is 0 Å². The summed E-state index contributed by atoms with van der Waals surface area (Å²) in [6, 6.07) is 0. The van der Waals surface area contributed by atoms with Gasteiger partial charge in [0.2, 0.25) is 0 Å². The van der Waals surface area contributed by atoms with Gasteiger partial charge in [-0.05, 0) is 70.6 Å². The minimum atomic E-state index is -0.789. The highest BCUT2D eigenvalue weighted by atomic mass is 16.6. The third-order valence-electron chi connectivity index (χ3n) is 13.6. The number of rotatable bonds is 56. The maximum atomic E-state index is 12.9. The Morgan fingerprint density at radius 1 is 0.278 bits per heavy atom. The van der Waals surface area contributed by atoms with Gasteiger partial charge in [-0.25, -0.2) is 0 Å². The van der Waals surface area contributed by atoms with Crippen molar-refractivity contribution in [3.8, 4) is 0 Å². The Labute approximate surface area is 446 Å². The molecule has 0 amide bonds. The van der Waals surface area contributed by atoms with E-state index < -0.39 is 6.10 Å². The number of carbonyl (C=O) groups is 3. The predicted molar refractivity (Wildman–Crippen MR) is 311 cm³/mol. The van der Waals surface area contributed by atoms with Crippen LogP contribution in [0.15, 0.2) is 72.9 Å². The van der Waals surface area contributed by atoms with E-state index in [0.717, 1.165) is 83.5 Å². The summed E-state index contributed by atoms with van der Waals surface area (Å²) in [5, 5.41) is 0. The molecule has 0 aliphatic carbocycles. The summed E-state index contributed by atoms with van der Waals surface area (Å²) in [5.41, 5.74) is 0. The second kappa shape index (κ2) is 60.4. The van der Waals surface area contributed by atoms with Crippen LogP contribution in [0.2, 0.25) is 0 Å². The summed E-state index contributed by atoms with van der Waals surface area (Å²) in [5.74, 6) is -0.895. The molecule has 72 heavy (non-hydrogen) atoms. The molecule has 6 nitrogen and oxygen atoms in total. The van der Waals surface area contributed by atoms with Gasteiger partial charge in [-0.3, -0.25) is 14.4 Å². The third-order valence-corrected chi connectivity index (χ3v) is 13.6. The van der Waals surface area contributed by atoms with Crippen molar-refractivity contribution < 1.29 is 28.6 Å². The number of esters is 3. The molecular formula is C66H116O6. The van der Waals surface area contributed by atoms with Gasteiger partial charge in [0.05, 0.1) is 0 Å². The van der Waals surface area contributed by atoms with Crippen molar-refractivity contribution >= 4 is 17.9 Å². The maximum Gasteiger partial charge on any atom is 0.306 e. The maximum absolute atomic E-state index is 12.9. The summed E-state index contributed by atoms with van der Waals surface area (Å²) < 4.78 is 16.9. The fourth-order valence-electron chi connectivity index (χ4n) is 8.86. The molecule has 0 spiro atoms. The quantitative estimate of drug-likeness (QED) is 0.0261. The fourth-order valence-corrected chi connectivity index (χ4v) is 8.86. The summed E-state index contributed by atoms with van der Waals surface area (Å²) in [7, 11) is 0. The van der Waals surface area contributed by atoms with Gasteiger partial charge in [0.15, 0.2) is 6.10 Å². The molecule has 0 aliphatic rings. The zero-order valence-electron chi connectivity index (χ0n) is 47.7. The molecule has 0 aromatic heterocycles. The van der Waals surface area contributed by atoms with E-state index in [2.05, 4.69) is 93.7 Å². The molecule has 0 saturated heterocycles. The minimum absolute atomic E-state index is 0.0835. The van der Waals surface area contributed by atoms with Crippen LogP contribution in [-0.4, -0.2) is 37.2 Å². The largest absolute Gasteiger partial charge is 0.462 e. The van der Waals surface area contributed by atoms with Gasteiger partial charge < -0.3 is 14.2 Å². The first-order valence-corrected chi connectivity index (χ1v) is 31.0. The molecule has 0 aromatic carbocycles. The molecule has 1 atom stereocenters. The van der Waals surface area contributed by atoms with Crippen molar-refractivity contribution in [1.82, 2.24) is 0 Å². The first-order chi connectivity index (χ1) is 35.5. The summed E-state index contributed by atoms with van der Waals surface area (Å²) in [6.45, 7) is 6.59. The van der Waals surface area contributed by atoms with E-state index >= 15 is 0 Å². The first kappa shape index (κ1) is 68.8. The summed E-state index contributed by atoms with van der Waals surface area (Å²) in [4.78, 5) is 38.3. The monoisotopic (exact) mass is 1000 g/mol. The van der Waals surface area contributed by atoms with Gasteiger partial charge in [0.1, 0.15) is 13.2 Å². The lowest BCUT2D eigenvalue weighted by Crippen LogP contribution is -2.30. The zero-order chi connectivity index (χ0) is 52.2. The molecule has 0 saturated carbocycles. The Balaban J connectivity index is 4.41. The molecule has 0 N–H and O–H groups in total. The van der Waals surface area contributed by atoms with Crippen molar-refractivity contribution in [1.29, 1.82) is 0 Å². The number of allylic oxidation sites excluding steroid dienone is 12. The van der Waals surface area contributed by atoms with Crippen LogP contribution < -0.4 is 0 Å². The normalized spacial score (nSPS) is 12.5. The Morgan fingerprint density at radius 2 is 0.500 bits per heavy atom. The van der Waals surface area contributed by atoms with Crippen molar-refractivity contribution in [3.63, 3.8) is 0 Å². The molecule has 0 aliphatic heterocycles. The third kappa shape index (κ3) is 57.7. The van der Waals surface area contributed by atoms with E-state index in [4.69, 9.17) is 14.2 Å². The average Bonchev–Trinajstić information content (AvgIpc) is 3.38. The number of hydrogen-bond acceptors (Lipinski definition) is 6. The van der Waals surface area contributed by atoms with Crippen LogP contribution >= 0.6 is 0 Å². The molecule has 0 aromatic rings. The Hall–Kier alpha value is -3.15. The molecule has 0 rings (SSSR count). The molecular weight excluding hydrogens is 889 g/mol. The molecule has 0 bridgehead atoms. The van der Waals surface area contributed by atoms with Gasteiger partial charge >= 0.3 is 17.9 Å². The van der Waals surface area contributed by atoms with Crippen LogP contribution in [0.25, 0.3) is 0 Å². The molecule has 416 valence electrons. The van der Waals surface area contributed by atoms with E-state index in [1.54, 1.807) is 0 Å². The van der Waals surface area contributed by atoms with Gasteiger partial charge in [-0.2, -0.15) is 0 Å². The lowest BCUT2D eigenvalue weighted by atomic mass is 10.0. The molecule has 1 unspecified atom stereocenters. The molecule has 0 heterocycles. The van der Waals surface area contributed by atoms with Gasteiger partial charge in [0.25, 0.3) is 0 Å². The highest BCUT2D eigenvalue weighted by molar-refractivity contribution is 5.71. The van der Waals surface area contributed by atoms with Gasteiger partial charge in [0, 0.05) is 19.3 Å². The van der Waals surface area contributed by atoms with Gasteiger partial charge in [-0.15, -0.1) is 0 Å². The van der Waals surface area contributed by atoms with Crippen molar-refractivity contribution in [2.45, 2.75) is 316 Å².